The second-order valence-electron chi connectivity index (χ2n) is 6.40. The molecule has 2 fully saturated rings. The van der Waals surface area contributed by atoms with Crippen molar-refractivity contribution in [2.45, 2.75) is 77.2 Å². The van der Waals surface area contributed by atoms with Crippen molar-refractivity contribution < 1.29 is 0 Å². The number of nitrogens with two attached hydrogens (primary N) is 1. The highest BCUT2D eigenvalue weighted by Gasteiger charge is 2.42. The van der Waals surface area contributed by atoms with Crippen LogP contribution in [0.1, 0.15) is 71.6 Å². The molecule has 2 saturated carbocycles. The molecule has 1 nitrogen and oxygen atoms in total. The van der Waals surface area contributed by atoms with E-state index < -0.39 is 0 Å². The molecule has 0 aromatic carbocycles. The minimum absolute atomic E-state index is 0.187. The van der Waals surface area contributed by atoms with Gasteiger partial charge in [0.1, 0.15) is 0 Å². The van der Waals surface area contributed by atoms with Gasteiger partial charge in [0.05, 0.1) is 0 Å². The van der Waals surface area contributed by atoms with E-state index in [1.807, 2.05) is 0 Å². The fourth-order valence-electron chi connectivity index (χ4n) is 4.15. The van der Waals surface area contributed by atoms with Crippen LogP contribution in [-0.2, 0) is 0 Å². The van der Waals surface area contributed by atoms with E-state index in [-0.39, 0.29) is 5.54 Å². The Kier molecular flexibility index (Phi) is 3.94. The third-order valence-electron chi connectivity index (χ3n) is 5.53. The summed E-state index contributed by atoms with van der Waals surface area (Å²) in [5.74, 6) is 2.54. The first kappa shape index (κ1) is 12.4. The summed E-state index contributed by atoms with van der Waals surface area (Å²) in [7, 11) is 0. The van der Waals surface area contributed by atoms with Gasteiger partial charge in [-0.2, -0.15) is 0 Å². The van der Waals surface area contributed by atoms with Gasteiger partial charge in [-0.15, -0.1) is 0 Å². The summed E-state index contributed by atoms with van der Waals surface area (Å²) < 4.78 is 0. The lowest BCUT2D eigenvalue weighted by atomic mass is 9.61. The Morgan fingerprint density at radius 2 is 1.94 bits per heavy atom. The first-order valence-corrected chi connectivity index (χ1v) is 7.45. The van der Waals surface area contributed by atoms with Crippen LogP contribution in [-0.4, -0.2) is 5.54 Å². The van der Waals surface area contributed by atoms with E-state index >= 15 is 0 Å². The van der Waals surface area contributed by atoms with E-state index in [0.29, 0.717) is 0 Å². The topological polar surface area (TPSA) is 26.0 Å². The normalized spacial score (nSPS) is 45.6. The van der Waals surface area contributed by atoms with Crippen molar-refractivity contribution in [3.8, 4) is 0 Å². The Balaban J connectivity index is 2.03. The highest BCUT2D eigenvalue weighted by atomic mass is 14.8. The zero-order valence-electron chi connectivity index (χ0n) is 11.2. The van der Waals surface area contributed by atoms with Crippen LogP contribution in [0.3, 0.4) is 0 Å². The third kappa shape index (κ3) is 2.30. The summed E-state index contributed by atoms with van der Waals surface area (Å²) in [4.78, 5) is 0. The highest BCUT2D eigenvalue weighted by Crippen LogP contribution is 2.44. The van der Waals surface area contributed by atoms with E-state index in [1.54, 1.807) is 0 Å². The minimum atomic E-state index is 0.187. The Hall–Kier alpha value is -0.0400. The van der Waals surface area contributed by atoms with Gasteiger partial charge < -0.3 is 5.73 Å². The highest BCUT2D eigenvalue weighted by molar-refractivity contribution is 4.99. The Morgan fingerprint density at radius 1 is 1.12 bits per heavy atom. The molecule has 0 aromatic heterocycles. The number of hydrogen-bond donors (Lipinski definition) is 1. The monoisotopic (exact) mass is 223 g/mol. The van der Waals surface area contributed by atoms with Crippen molar-refractivity contribution in [2.24, 2.45) is 23.5 Å². The molecular formula is C15H29N. The lowest BCUT2D eigenvalue weighted by Gasteiger charge is -2.48. The van der Waals surface area contributed by atoms with Crippen molar-refractivity contribution >= 4 is 0 Å². The largest absolute Gasteiger partial charge is 0.325 e. The fourth-order valence-corrected chi connectivity index (χ4v) is 4.15. The van der Waals surface area contributed by atoms with Crippen LogP contribution in [0.15, 0.2) is 0 Å². The standard InChI is InChI=1S/C15H29N/c1-3-13-8-6-9-14(11-13)15(16)10-5-4-7-12(15)2/h12-14H,3-11,16H2,1-2H3. The second kappa shape index (κ2) is 5.08. The predicted octanol–water partition coefficient (Wildman–Crippen LogP) is 4.11. The average molecular weight is 223 g/mol. The summed E-state index contributed by atoms with van der Waals surface area (Å²) in [5, 5.41) is 0. The van der Waals surface area contributed by atoms with E-state index in [2.05, 4.69) is 13.8 Å². The fraction of sp³-hybridized carbons (Fsp3) is 1.00. The summed E-state index contributed by atoms with van der Waals surface area (Å²) in [5.41, 5.74) is 6.98. The van der Waals surface area contributed by atoms with Gasteiger partial charge in [0, 0.05) is 5.54 Å². The van der Waals surface area contributed by atoms with Crippen molar-refractivity contribution in [2.75, 3.05) is 0 Å². The van der Waals surface area contributed by atoms with Crippen LogP contribution in [0.5, 0.6) is 0 Å². The molecule has 0 spiro atoms. The lowest BCUT2D eigenvalue weighted by Crippen LogP contribution is -2.55. The first-order valence-electron chi connectivity index (χ1n) is 7.45. The van der Waals surface area contributed by atoms with Crippen molar-refractivity contribution in [1.29, 1.82) is 0 Å². The minimum Gasteiger partial charge on any atom is -0.325 e. The van der Waals surface area contributed by atoms with Gasteiger partial charge in [0.15, 0.2) is 0 Å². The molecule has 2 aliphatic rings. The Bertz CT molecular complexity index is 225. The molecule has 2 N–H and O–H groups in total. The van der Waals surface area contributed by atoms with Crippen molar-refractivity contribution in [3.05, 3.63) is 0 Å². The molecule has 0 heterocycles. The number of rotatable bonds is 2. The summed E-state index contributed by atoms with van der Waals surface area (Å²) in [6.45, 7) is 4.75. The van der Waals surface area contributed by atoms with Crippen LogP contribution in [0.25, 0.3) is 0 Å². The molecule has 16 heavy (non-hydrogen) atoms. The van der Waals surface area contributed by atoms with E-state index in [1.165, 1.54) is 57.8 Å². The maximum Gasteiger partial charge on any atom is 0.0208 e. The molecule has 4 unspecified atom stereocenters. The third-order valence-corrected chi connectivity index (χ3v) is 5.53. The summed E-state index contributed by atoms with van der Waals surface area (Å²) in [6.07, 6.45) is 12.5. The maximum absolute atomic E-state index is 6.79. The van der Waals surface area contributed by atoms with E-state index in [4.69, 9.17) is 5.73 Å². The second-order valence-corrected chi connectivity index (χ2v) is 6.40. The van der Waals surface area contributed by atoms with Gasteiger partial charge in [0.25, 0.3) is 0 Å². The quantitative estimate of drug-likeness (QED) is 0.749. The predicted molar refractivity (Wildman–Crippen MR) is 70.3 cm³/mol. The van der Waals surface area contributed by atoms with Gasteiger partial charge in [0.2, 0.25) is 0 Å². The molecule has 1 heteroatoms. The van der Waals surface area contributed by atoms with Crippen LogP contribution < -0.4 is 5.73 Å². The van der Waals surface area contributed by atoms with Crippen molar-refractivity contribution in [3.63, 3.8) is 0 Å². The van der Waals surface area contributed by atoms with Crippen molar-refractivity contribution in [1.82, 2.24) is 0 Å². The van der Waals surface area contributed by atoms with Gasteiger partial charge in [-0.3, -0.25) is 0 Å². The SMILES string of the molecule is CCC1CCCC(C2(N)CCCCC2C)C1. The molecule has 0 amide bonds. The smallest absolute Gasteiger partial charge is 0.0208 e. The molecule has 0 bridgehead atoms. The molecule has 0 aromatic rings. The van der Waals surface area contributed by atoms with Crippen LogP contribution in [0.2, 0.25) is 0 Å². The molecule has 0 aliphatic heterocycles. The molecule has 0 saturated heterocycles. The first-order chi connectivity index (χ1) is 7.66. The molecule has 0 radical (unpaired) electrons. The van der Waals surface area contributed by atoms with E-state index in [0.717, 1.165) is 17.8 Å². The molecule has 2 rings (SSSR count). The number of hydrogen-bond acceptors (Lipinski definition) is 1. The molecule has 2 aliphatic carbocycles. The van der Waals surface area contributed by atoms with Gasteiger partial charge in [-0.1, -0.05) is 46.0 Å². The summed E-state index contributed by atoms with van der Waals surface area (Å²) >= 11 is 0. The van der Waals surface area contributed by atoms with Gasteiger partial charge in [-0.25, -0.2) is 0 Å². The maximum atomic E-state index is 6.79. The van der Waals surface area contributed by atoms with Crippen LogP contribution in [0.4, 0.5) is 0 Å². The zero-order valence-corrected chi connectivity index (χ0v) is 11.2. The Morgan fingerprint density at radius 3 is 2.62 bits per heavy atom. The van der Waals surface area contributed by atoms with Crippen LogP contribution in [0, 0.1) is 17.8 Å². The van der Waals surface area contributed by atoms with Gasteiger partial charge in [-0.05, 0) is 43.4 Å². The average Bonchev–Trinajstić information content (AvgIpc) is 2.33. The molecular weight excluding hydrogens is 194 g/mol. The Labute approximate surface area is 101 Å². The molecule has 4 atom stereocenters. The van der Waals surface area contributed by atoms with Crippen LogP contribution >= 0.6 is 0 Å². The molecule has 94 valence electrons. The summed E-state index contributed by atoms with van der Waals surface area (Å²) in [6, 6.07) is 0. The van der Waals surface area contributed by atoms with E-state index in [9.17, 15) is 0 Å². The van der Waals surface area contributed by atoms with Gasteiger partial charge >= 0.3 is 0 Å². The zero-order chi connectivity index (χ0) is 11.6. The lowest BCUT2D eigenvalue weighted by molar-refractivity contribution is 0.0800.